The van der Waals surface area contributed by atoms with Crippen molar-refractivity contribution in [2.75, 3.05) is 0 Å². The first-order valence-electron chi connectivity index (χ1n) is 4.27. The van der Waals surface area contributed by atoms with Crippen molar-refractivity contribution >= 4 is 15.9 Å². The molecule has 1 nitrogen and oxygen atoms in total. The molecule has 0 amide bonds. The molecule has 1 N–H and O–H groups in total. The summed E-state index contributed by atoms with van der Waals surface area (Å²) < 4.78 is 1.24. The SMILES string of the molecule is CC1Cc2cccc(Br)c2CN1. The van der Waals surface area contributed by atoms with Gasteiger partial charge in [0.2, 0.25) is 0 Å². The predicted molar refractivity (Wildman–Crippen MR) is 54.1 cm³/mol. The van der Waals surface area contributed by atoms with Crippen LogP contribution in [-0.4, -0.2) is 6.04 Å². The van der Waals surface area contributed by atoms with Crippen molar-refractivity contribution in [3.05, 3.63) is 33.8 Å². The summed E-state index contributed by atoms with van der Waals surface area (Å²) in [6, 6.07) is 7.06. The minimum atomic E-state index is 0.617. The lowest BCUT2D eigenvalue weighted by Crippen LogP contribution is -2.32. The van der Waals surface area contributed by atoms with Crippen molar-refractivity contribution in [1.29, 1.82) is 0 Å². The zero-order valence-electron chi connectivity index (χ0n) is 7.10. The highest BCUT2D eigenvalue weighted by molar-refractivity contribution is 9.10. The molecule has 1 unspecified atom stereocenters. The highest BCUT2D eigenvalue weighted by Gasteiger charge is 2.15. The average Bonchev–Trinajstić information content (AvgIpc) is 2.04. The first kappa shape index (κ1) is 8.27. The normalized spacial score (nSPS) is 22.0. The van der Waals surface area contributed by atoms with Crippen molar-refractivity contribution in [3.8, 4) is 0 Å². The van der Waals surface area contributed by atoms with E-state index in [1.165, 1.54) is 15.6 Å². The molecule has 1 aromatic carbocycles. The van der Waals surface area contributed by atoms with Gasteiger partial charge in [-0.3, -0.25) is 0 Å². The first-order valence-corrected chi connectivity index (χ1v) is 5.06. The standard InChI is InChI=1S/C10H12BrN/c1-7-5-8-3-2-4-10(11)9(8)6-12-7/h2-4,7,12H,5-6H2,1H3. The number of rotatable bonds is 0. The van der Waals surface area contributed by atoms with Crippen LogP contribution in [0.2, 0.25) is 0 Å². The Kier molecular flexibility index (Phi) is 2.20. The molecule has 12 heavy (non-hydrogen) atoms. The van der Waals surface area contributed by atoms with Gasteiger partial charge in [-0.2, -0.15) is 0 Å². The van der Waals surface area contributed by atoms with Gasteiger partial charge in [-0.25, -0.2) is 0 Å². The monoisotopic (exact) mass is 225 g/mol. The number of nitrogens with one attached hydrogen (secondary N) is 1. The smallest absolute Gasteiger partial charge is 0.0223 e. The number of halogens is 1. The molecule has 2 heteroatoms. The maximum absolute atomic E-state index is 3.56. The van der Waals surface area contributed by atoms with Crippen LogP contribution in [0.25, 0.3) is 0 Å². The molecule has 0 saturated heterocycles. The minimum absolute atomic E-state index is 0.617. The van der Waals surface area contributed by atoms with Gasteiger partial charge in [-0.1, -0.05) is 28.1 Å². The van der Waals surface area contributed by atoms with Gasteiger partial charge in [0.05, 0.1) is 0 Å². The zero-order chi connectivity index (χ0) is 8.55. The van der Waals surface area contributed by atoms with E-state index in [0.717, 1.165) is 13.0 Å². The maximum atomic E-state index is 3.56. The minimum Gasteiger partial charge on any atom is -0.310 e. The molecular weight excluding hydrogens is 214 g/mol. The predicted octanol–water partition coefficient (Wildman–Crippen LogP) is 2.48. The van der Waals surface area contributed by atoms with E-state index in [1.807, 2.05) is 0 Å². The Hall–Kier alpha value is -0.340. The van der Waals surface area contributed by atoms with Crippen molar-refractivity contribution < 1.29 is 0 Å². The fraction of sp³-hybridized carbons (Fsp3) is 0.400. The summed E-state index contributed by atoms with van der Waals surface area (Å²) in [6.45, 7) is 3.22. The quantitative estimate of drug-likeness (QED) is 0.716. The molecule has 1 aliphatic rings. The van der Waals surface area contributed by atoms with E-state index >= 15 is 0 Å². The van der Waals surface area contributed by atoms with Crippen LogP contribution in [-0.2, 0) is 13.0 Å². The molecule has 0 aliphatic carbocycles. The molecule has 0 bridgehead atoms. The van der Waals surface area contributed by atoms with Gasteiger partial charge in [0.1, 0.15) is 0 Å². The summed E-state index contributed by atoms with van der Waals surface area (Å²) in [7, 11) is 0. The topological polar surface area (TPSA) is 12.0 Å². The summed E-state index contributed by atoms with van der Waals surface area (Å²) in [5, 5.41) is 3.45. The maximum Gasteiger partial charge on any atom is 0.0223 e. The summed E-state index contributed by atoms with van der Waals surface area (Å²) in [5.74, 6) is 0. The lowest BCUT2D eigenvalue weighted by molar-refractivity contribution is 0.512. The second-order valence-electron chi connectivity index (χ2n) is 3.36. The van der Waals surface area contributed by atoms with Crippen molar-refractivity contribution in [1.82, 2.24) is 5.32 Å². The summed E-state index contributed by atoms with van der Waals surface area (Å²) in [4.78, 5) is 0. The van der Waals surface area contributed by atoms with Gasteiger partial charge in [0, 0.05) is 17.1 Å². The molecule has 0 spiro atoms. The van der Waals surface area contributed by atoms with E-state index < -0.39 is 0 Å². The van der Waals surface area contributed by atoms with Crippen LogP contribution in [0.5, 0.6) is 0 Å². The van der Waals surface area contributed by atoms with Crippen molar-refractivity contribution in [2.45, 2.75) is 25.9 Å². The Bertz CT molecular complexity index is 296. The van der Waals surface area contributed by atoms with Crippen LogP contribution in [0.15, 0.2) is 22.7 Å². The van der Waals surface area contributed by atoms with Crippen molar-refractivity contribution in [3.63, 3.8) is 0 Å². The van der Waals surface area contributed by atoms with Gasteiger partial charge in [0.15, 0.2) is 0 Å². The van der Waals surface area contributed by atoms with E-state index in [9.17, 15) is 0 Å². The second-order valence-corrected chi connectivity index (χ2v) is 4.22. The number of fused-ring (bicyclic) bond motifs is 1. The molecule has 0 saturated carbocycles. The van der Waals surface area contributed by atoms with Crippen LogP contribution in [0.3, 0.4) is 0 Å². The molecular formula is C10H12BrN. The number of benzene rings is 1. The molecule has 1 aromatic rings. The average molecular weight is 226 g/mol. The third-order valence-electron chi connectivity index (χ3n) is 2.37. The molecule has 0 radical (unpaired) electrons. The fourth-order valence-corrected chi connectivity index (χ4v) is 2.22. The lowest BCUT2D eigenvalue weighted by Gasteiger charge is -2.23. The Balaban J connectivity index is 2.42. The van der Waals surface area contributed by atoms with Crippen molar-refractivity contribution in [2.24, 2.45) is 0 Å². The third-order valence-corrected chi connectivity index (χ3v) is 3.11. The Morgan fingerprint density at radius 2 is 2.33 bits per heavy atom. The van der Waals surface area contributed by atoms with E-state index in [1.54, 1.807) is 0 Å². The highest BCUT2D eigenvalue weighted by Crippen LogP contribution is 2.24. The van der Waals surface area contributed by atoms with E-state index in [4.69, 9.17) is 0 Å². The van der Waals surface area contributed by atoms with Crippen LogP contribution >= 0.6 is 15.9 Å². The summed E-state index contributed by atoms with van der Waals surface area (Å²) >= 11 is 3.56. The first-order chi connectivity index (χ1) is 5.77. The summed E-state index contributed by atoms with van der Waals surface area (Å²) in [6.07, 6.45) is 1.15. The highest BCUT2D eigenvalue weighted by atomic mass is 79.9. The molecule has 0 fully saturated rings. The van der Waals surface area contributed by atoms with E-state index in [-0.39, 0.29) is 0 Å². The molecule has 64 valence electrons. The number of hydrogen-bond donors (Lipinski definition) is 1. The Morgan fingerprint density at radius 1 is 1.50 bits per heavy atom. The van der Waals surface area contributed by atoms with Gasteiger partial charge >= 0.3 is 0 Å². The largest absolute Gasteiger partial charge is 0.310 e. The molecule has 1 atom stereocenters. The van der Waals surface area contributed by atoms with Crippen LogP contribution in [0.4, 0.5) is 0 Å². The summed E-state index contributed by atoms with van der Waals surface area (Å²) in [5.41, 5.74) is 2.91. The van der Waals surface area contributed by atoms with Gasteiger partial charge in [-0.05, 0) is 30.5 Å². The Morgan fingerprint density at radius 3 is 3.17 bits per heavy atom. The van der Waals surface area contributed by atoms with Gasteiger partial charge in [-0.15, -0.1) is 0 Å². The molecule has 0 aromatic heterocycles. The fourth-order valence-electron chi connectivity index (χ4n) is 1.67. The second kappa shape index (κ2) is 3.19. The van der Waals surface area contributed by atoms with E-state index in [2.05, 4.69) is 46.4 Å². The van der Waals surface area contributed by atoms with Crippen LogP contribution in [0, 0.1) is 0 Å². The number of hydrogen-bond acceptors (Lipinski definition) is 1. The van der Waals surface area contributed by atoms with Crippen LogP contribution < -0.4 is 5.32 Å². The molecule has 1 aliphatic heterocycles. The Labute approximate surface area is 81.3 Å². The lowest BCUT2D eigenvalue weighted by atomic mass is 9.97. The molecule has 2 rings (SSSR count). The third kappa shape index (κ3) is 1.41. The van der Waals surface area contributed by atoms with Gasteiger partial charge in [0.25, 0.3) is 0 Å². The van der Waals surface area contributed by atoms with E-state index in [0.29, 0.717) is 6.04 Å². The zero-order valence-corrected chi connectivity index (χ0v) is 8.69. The molecule has 1 heterocycles. The van der Waals surface area contributed by atoms with Gasteiger partial charge < -0.3 is 5.32 Å². The van der Waals surface area contributed by atoms with Crippen LogP contribution in [0.1, 0.15) is 18.1 Å².